The summed E-state index contributed by atoms with van der Waals surface area (Å²) in [6, 6.07) is 11.8. The summed E-state index contributed by atoms with van der Waals surface area (Å²) in [6.45, 7) is 9.87. The molecule has 2 aromatic heterocycles. The highest BCUT2D eigenvalue weighted by Gasteiger charge is 2.23. The Morgan fingerprint density at radius 3 is 2.62 bits per heavy atom. The van der Waals surface area contributed by atoms with E-state index in [4.69, 9.17) is 19.6 Å². The maximum absolute atomic E-state index is 12.5. The lowest BCUT2D eigenvalue weighted by atomic mass is 9.88. The van der Waals surface area contributed by atoms with Crippen LogP contribution < -0.4 is 4.74 Å². The number of hydrogen-bond acceptors (Lipinski definition) is 7. The van der Waals surface area contributed by atoms with Crippen LogP contribution in [-0.4, -0.2) is 45.0 Å². The molecule has 0 atom stereocenters. The number of aromatic nitrogens is 2. The van der Waals surface area contributed by atoms with Gasteiger partial charge in [-0.15, -0.1) is 0 Å². The standard InChI is InChI=1S/C26H24N2O4.C4H10O/c1-3-31-23(30)13-20-15(2)12-21-18(5-4-17(14-29)28-21)25(20)19-6-7-22-24-16(9-11-32-22)8-10-27-26(19)24;1-4(2,3)5/h4-8,10,12,29H,3,9,11,13-14H2,1-2H3;5H,1-3H3. The second kappa shape index (κ2) is 10.8. The highest BCUT2D eigenvalue weighted by molar-refractivity contribution is 6.07. The maximum atomic E-state index is 12.5. The fourth-order valence-corrected chi connectivity index (χ4v) is 4.57. The van der Waals surface area contributed by atoms with Gasteiger partial charge in [-0.05, 0) is 87.2 Å². The van der Waals surface area contributed by atoms with E-state index < -0.39 is 5.60 Å². The Balaban J connectivity index is 0.000000586. The third-order valence-corrected chi connectivity index (χ3v) is 6.01. The zero-order valence-electron chi connectivity index (χ0n) is 22.1. The van der Waals surface area contributed by atoms with Crippen LogP contribution in [0.1, 0.15) is 50.1 Å². The van der Waals surface area contributed by atoms with Gasteiger partial charge in [-0.3, -0.25) is 14.8 Å². The van der Waals surface area contributed by atoms with Crippen LogP contribution in [0.5, 0.6) is 5.75 Å². The Bertz CT molecular complexity index is 1440. The molecule has 0 fully saturated rings. The zero-order valence-corrected chi connectivity index (χ0v) is 22.1. The smallest absolute Gasteiger partial charge is 0.310 e. The Morgan fingerprint density at radius 1 is 1.16 bits per heavy atom. The molecule has 0 unspecified atom stereocenters. The van der Waals surface area contributed by atoms with E-state index in [2.05, 4.69) is 4.98 Å². The number of aliphatic hydroxyl groups excluding tert-OH is 1. The van der Waals surface area contributed by atoms with Crippen LogP contribution in [0.4, 0.5) is 0 Å². The minimum atomic E-state index is -0.500. The molecular weight excluding hydrogens is 468 g/mol. The van der Waals surface area contributed by atoms with Crippen LogP contribution in [0.25, 0.3) is 32.9 Å². The molecule has 0 bridgehead atoms. The van der Waals surface area contributed by atoms with Gasteiger partial charge in [0.15, 0.2) is 0 Å². The first-order valence-electron chi connectivity index (χ1n) is 12.6. The molecule has 0 saturated carbocycles. The van der Waals surface area contributed by atoms with Crippen molar-refractivity contribution >= 4 is 27.8 Å². The predicted molar refractivity (Wildman–Crippen MR) is 145 cm³/mol. The van der Waals surface area contributed by atoms with E-state index in [1.165, 1.54) is 5.56 Å². The molecular formula is C30H34N2O5. The highest BCUT2D eigenvalue weighted by atomic mass is 16.5. The third kappa shape index (κ3) is 5.89. The number of pyridine rings is 2. The zero-order chi connectivity index (χ0) is 26.7. The highest BCUT2D eigenvalue weighted by Crippen LogP contribution is 2.42. The third-order valence-electron chi connectivity index (χ3n) is 6.01. The molecule has 0 radical (unpaired) electrons. The van der Waals surface area contributed by atoms with Crippen molar-refractivity contribution in [3.05, 3.63) is 65.0 Å². The Morgan fingerprint density at radius 2 is 1.92 bits per heavy atom. The van der Waals surface area contributed by atoms with Crippen molar-refractivity contribution in [2.24, 2.45) is 0 Å². The summed E-state index contributed by atoms with van der Waals surface area (Å²) in [5.41, 5.74) is 6.63. The minimum Gasteiger partial charge on any atom is -0.493 e. The van der Waals surface area contributed by atoms with Crippen LogP contribution in [0, 0.1) is 6.92 Å². The first kappa shape index (κ1) is 26.5. The Hall–Kier alpha value is -3.55. The summed E-state index contributed by atoms with van der Waals surface area (Å²) in [5, 5.41) is 20.0. The van der Waals surface area contributed by atoms with Gasteiger partial charge >= 0.3 is 5.97 Å². The molecule has 0 saturated heterocycles. The van der Waals surface area contributed by atoms with E-state index >= 15 is 0 Å². The van der Waals surface area contributed by atoms with Gasteiger partial charge in [0.2, 0.25) is 0 Å². The number of aryl methyl sites for hydroxylation is 1. The number of aliphatic hydroxyl groups is 2. The number of carbonyl (C=O) groups is 1. The van der Waals surface area contributed by atoms with Gasteiger partial charge in [0.1, 0.15) is 5.75 Å². The summed E-state index contributed by atoms with van der Waals surface area (Å²) < 4.78 is 11.2. The fraction of sp³-hybridized carbons (Fsp3) is 0.367. The number of benzene rings is 2. The first-order chi connectivity index (χ1) is 17.6. The van der Waals surface area contributed by atoms with Crippen LogP contribution in [0.3, 0.4) is 0 Å². The number of fused-ring (bicyclic) bond motifs is 1. The van der Waals surface area contributed by atoms with Crippen molar-refractivity contribution in [1.29, 1.82) is 0 Å². The lowest BCUT2D eigenvalue weighted by Gasteiger charge is -2.22. The number of nitrogens with zero attached hydrogens (tertiary/aromatic N) is 2. The summed E-state index contributed by atoms with van der Waals surface area (Å²) in [5.74, 6) is 0.567. The average Bonchev–Trinajstić information content (AvgIpc) is 2.84. The van der Waals surface area contributed by atoms with E-state index in [0.717, 1.165) is 56.2 Å². The monoisotopic (exact) mass is 502 g/mol. The average molecular weight is 503 g/mol. The quantitative estimate of drug-likeness (QED) is 0.368. The van der Waals surface area contributed by atoms with Crippen LogP contribution in [0.15, 0.2) is 42.6 Å². The van der Waals surface area contributed by atoms with Gasteiger partial charge in [-0.1, -0.05) is 6.07 Å². The van der Waals surface area contributed by atoms with Crippen molar-refractivity contribution in [1.82, 2.24) is 9.97 Å². The molecule has 0 aliphatic carbocycles. The Kier molecular flexibility index (Phi) is 7.76. The van der Waals surface area contributed by atoms with E-state index in [-0.39, 0.29) is 19.0 Å². The van der Waals surface area contributed by atoms with Crippen LogP contribution in [-0.2, 0) is 29.0 Å². The van der Waals surface area contributed by atoms with Crippen molar-refractivity contribution in [3.8, 4) is 16.9 Å². The first-order valence-corrected chi connectivity index (χ1v) is 12.6. The molecule has 4 aromatic rings. The Labute approximate surface area is 217 Å². The van der Waals surface area contributed by atoms with Gasteiger partial charge in [0.25, 0.3) is 0 Å². The molecule has 0 amide bonds. The minimum absolute atomic E-state index is 0.130. The molecule has 5 rings (SSSR count). The maximum Gasteiger partial charge on any atom is 0.310 e. The lowest BCUT2D eigenvalue weighted by molar-refractivity contribution is -0.142. The predicted octanol–water partition coefficient (Wildman–Crippen LogP) is 5.07. The van der Waals surface area contributed by atoms with E-state index in [9.17, 15) is 9.90 Å². The van der Waals surface area contributed by atoms with Crippen LogP contribution >= 0.6 is 0 Å². The van der Waals surface area contributed by atoms with Gasteiger partial charge in [0.05, 0.1) is 48.6 Å². The van der Waals surface area contributed by atoms with Crippen molar-refractivity contribution in [2.75, 3.05) is 13.2 Å². The summed E-state index contributed by atoms with van der Waals surface area (Å²) in [6.07, 6.45) is 2.83. The summed E-state index contributed by atoms with van der Waals surface area (Å²) in [7, 11) is 0. The second-order valence-electron chi connectivity index (χ2n) is 10.1. The van der Waals surface area contributed by atoms with Gasteiger partial charge in [-0.2, -0.15) is 0 Å². The molecule has 1 aliphatic rings. The van der Waals surface area contributed by atoms with Crippen molar-refractivity contribution in [2.45, 2.75) is 59.7 Å². The second-order valence-corrected chi connectivity index (χ2v) is 10.1. The SMILES string of the molecule is CC(C)(C)O.CCOC(=O)Cc1c(C)cc2nc(CO)ccc2c1-c1ccc2c3c(ccnc13)CCO2. The number of ether oxygens (including phenoxy) is 2. The fourth-order valence-electron chi connectivity index (χ4n) is 4.57. The van der Waals surface area contributed by atoms with Crippen molar-refractivity contribution in [3.63, 3.8) is 0 Å². The molecule has 2 N–H and O–H groups in total. The molecule has 194 valence electrons. The van der Waals surface area contributed by atoms with Gasteiger partial charge < -0.3 is 19.7 Å². The largest absolute Gasteiger partial charge is 0.493 e. The molecule has 37 heavy (non-hydrogen) atoms. The van der Waals surface area contributed by atoms with E-state index in [1.54, 1.807) is 20.8 Å². The summed E-state index contributed by atoms with van der Waals surface area (Å²) in [4.78, 5) is 21.9. The molecule has 2 aromatic carbocycles. The molecule has 3 heterocycles. The number of hydrogen-bond donors (Lipinski definition) is 2. The van der Waals surface area contributed by atoms with Crippen molar-refractivity contribution < 1.29 is 24.5 Å². The van der Waals surface area contributed by atoms with E-state index in [0.29, 0.717) is 18.9 Å². The molecule has 7 heteroatoms. The van der Waals surface area contributed by atoms with E-state index in [1.807, 2.05) is 56.4 Å². The molecule has 0 spiro atoms. The van der Waals surface area contributed by atoms with Crippen LogP contribution in [0.2, 0.25) is 0 Å². The molecule has 1 aliphatic heterocycles. The summed E-state index contributed by atoms with van der Waals surface area (Å²) >= 11 is 0. The molecule has 7 nitrogen and oxygen atoms in total. The topological polar surface area (TPSA) is 102 Å². The van der Waals surface area contributed by atoms with Gasteiger partial charge in [0, 0.05) is 29.0 Å². The number of esters is 1. The van der Waals surface area contributed by atoms with Gasteiger partial charge in [-0.25, -0.2) is 0 Å². The number of rotatable bonds is 5. The number of carbonyl (C=O) groups excluding carboxylic acids is 1. The normalized spacial score (nSPS) is 12.6. The lowest BCUT2D eigenvalue weighted by Crippen LogP contribution is -2.11.